The standard InChI is InChI=1S/C20H21ClN2O4S/c1-27-20(24)15-5-2-14(3-6-15)4-9-17-12-18(13-22-17)23-28(25,26)19-10-7-16(21)8-11-19/h2-11,17-18,22-23H,12-13H2,1H3/t17-,18-/m1/s1. The van der Waals surface area contributed by atoms with Crippen LogP contribution >= 0.6 is 11.6 Å². The number of ether oxygens (including phenoxy) is 1. The molecule has 1 fully saturated rings. The minimum Gasteiger partial charge on any atom is -0.465 e. The molecule has 0 bridgehead atoms. The summed E-state index contributed by atoms with van der Waals surface area (Å²) in [6.45, 7) is 0.545. The maximum Gasteiger partial charge on any atom is 0.337 e. The van der Waals surface area contributed by atoms with Gasteiger partial charge < -0.3 is 10.1 Å². The number of rotatable bonds is 6. The number of carbonyl (C=O) groups is 1. The first kappa shape index (κ1) is 20.5. The van der Waals surface area contributed by atoms with Crippen molar-refractivity contribution in [3.05, 3.63) is 70.8 Å². The molecule has 1 heterocycles. The molecule has 148 valence electrons. The maximum absolute atomic E-state index is 12.5. The van der Waals surface area contributed by atoms with Crippen LogP contribution in [-0.2, 0) is 14.8 Å². The molecule has 28 heavy (non-hydrogen) atoms. The highest BCUT2D eigenvalue weighted by atomic mass is 35.5. The van der Waals surface area contributed by atoms with Gasteiger partial charge in [-0.25, -0.2) is 17.9 Å². The normalized spacial score (nSPS) is 19.8. The number of sulfonamides is 1. The topological polar surface area (TPSA) is 84.5 Å². The number of carbonyl (C=O) groups excluding carboxylic acids is 1. The lowest BCUT2D eigenvalue weighted by molar-refractivity contribution is 0.0600. The Morgan fingerprint density at radius 2 is 1.86 bits per heavy atom. The molecule has 0 aromatic heterocycles. The molecule has 0 amide bonds. The smallest absolute Gasteiger partial charge is 0.337 e. The molecule has 1 saturated heterocycles. The Morgan fingerprint density at radius 3 is 2.50 bits per heavy atom. The molecule has 2 aromatic carbocycles. The van der Waals surface area contributed by atoms with Gasteiger partial charge in [-0.3, -0.25) is 0 Å². The zero-order valence-electron chi connectivity index (χ0n) is 15.3. The van der Waals surface area contributed by atoms with Crippen LogP contribution in [0, 0.1) is 0 Å². The summed E-state index contributed by atoms with van der Waals surface area (Å²) < 4.78 is 32.3. The van der Waals surface area contributed by atoms with Crippen LogP contribution in [0.2, 0.25) is 5.02 Å². The van der Waals surface area contributed by atoms with E-state index < -0.39 is 10.0 Å². The summed E-state index contributed by atoms with van der Waals surface area (Å²) in [5, 5.41) is 3.78. The summed E-state index contributed by atoms with van der Waals surface area (Å²) in [5.74, 6) is -0.371. The molecule has 2 atom stereocenters. The monoisotopic (exact) mass is 420 g/mol. The number of benzene rings is 2. The van der Waals surface area contributed by atoms with Crippen LogP contribution in [0.5, 0.6) is 0 Å². The number of halogens is 1. The van der Waals surface area contributed by atoms with Crippen molar-refractivity contribution in [1.29, 1.82) is 0 Å². The fourth-order valence-corrected chi connectivity index (χ4v) is 4.35. The quantitative estimate of drug-likeness (QED) is 0.702. The third-order valence-corrected chi connectivity index (χ3v) is 6.25. The molecule has 1 aliphatic rings. The highest BCUT2D eigenvalue weighted by Crippen LogP contribution is 2.17. The van der Waals surface area contributed by atoms with Gasteiger partial charge in [-0.1, -0.05) is 35.9 Å². The molecule has 1 aliphatic heterocycles. The largest absolute Gasteiger partial charge is 0.465 e. The third kappa shape index (κ3) is 5.20. The predicted octanol–water partition coefficient (Wildman–Crippen LogP) is 2.85. The van der Waals surface area contributed by atoms with Gasteiger partial charge in [0.05, 0.1) is 17.6 Å². The number of hydrogen-bond acceptors (Lipinski definition) is 5. The minimum atomic E-state index is -3.58. The average Bonchev–Trinajstić information content (AvgIpc) is 3.13. The molecule has 0 aliphatic carbocycles. The molecule has 8 heteroatoms. The second-order valence-corrected chi connectivity index (χ2v) is 8.65. The van der Waals surface area contributed by atoms with Crippen molar-refractivity contribution >= 4 is 33.7 Å². The Balaban J connectivity index is 1.57. The zero-order valence-corrected chi connectivity index (χ0v) is 16.8. The van der Waals surface area contributed by atoms with Crippen molar-refractivity contribution in [3.63, 3.8) is 0 Å². The summed E-state index contributed by atoms with van der Waals surface area (Å²) in [7, 11) is -2.24. The van der Waals surface area contributed by atoms with Gasteiger partial charge in [-0.2, -0.15) is 0 Å². The van der Waals surface area contributed by atoms with Gasteiger partial charge in [0, 0.05) is 23.7 Å². The van der Waals surface area contributed by atoms with E-state index in [-0.39, 0.29) is 22.9 Å². The fourth-order valence-electron chi connectivity index (χ4n) is 2.98. The second kappa shape index (κ2) is 8.87. The maximum atomic E-state index is 12.5. The molecule has 0 radical (unpaired) electrons. The van der Waals surface area contributed by atoms with Crippen molar-refractivity contribution in [2.45, 2.75) is 23.4 Å². The highest BCUT2D eigenvalue weighted by molar-refractivity contribution is 7.89. The van der Waals surface area contributed by atoms with Crippen LogP contribution < -0.4 is 10.0 Å². The van der Waals surface area contributed by atoms with Crippen LogP contribution in [0.15, 0.2) is 59.5 Å². The van der Waals surface area contributed by atoms with E-state index in [9.17, 15) is 13.2 Å². The molecular weight excluding hydrogens is 400 g/mol. The summed E-state index contributed by atoms with van der Waals surface area (Å²) in [5.41, 5.74) is 1.44. The van der Waals surface area contributed by atoms with Crippen molar-refractivity contribution in [1.82, 2.24) is 10.0 Å². The Kier molecular flexibility index (Phi) is 6.51. The highest BCUT2D eigenvalue weighted by Gasteiger charge is 2.27. The lowest BCUT2D eigenvalue weighted by Gasteiger charge is -2.12. The van der Waals surface area contributed by atoms with E-state index in [0.29, 0.717) is 23.6 Å². The van der Waals surface area contributed by atoms with E-state index >= 15 is 0 Å². The third-order valence-electron chi connectivity index (χ3n) is 4.46. The van der Waals surface area contributed by atoms with Gasteiger partial charge in [-0.15, -0.1) is 0 Å². The van der Waals surface area contributed by atoms with Crippen molar-refractivity contribution in [2.24, 2.45) is 0 Å². The van der Waals surface area contributed by atoms with Crippen LogP contribution in [0.1, 0.15) is 22.3 Å². The zero-order chi connectivity index (χ0) is 20.1. The van der Waals surface area contributed by atoms with E-state index in [1.165, 1.54) is 19.2 Å². The molecule has 0 unspecified atom stereocenters. The van der Waals surface area contributed by atoms with Gasteiger partial charge in [-0.05, 0) is 48.4 Å². The molecule has 0 saturated carbocycles. The van der Waals surface area contributed by atoms with Crippen molar-refractivity contribution in [2.75, 3.05) is 13.7 Å². The molecule has 3 rings (SSSR count). The van der Waals surface area contributed by atoms with E-state index in [0.717, 1.165) is 5.56 Å². The fraction of sp³-hybridized carbons (Fsp3) is 0.250. The average molecular weight is 421 g/mol. The number of hydrogen-bond donors (Lipinski definition) is 2. The van der Waals surface area contributed by atoms with Crippen LogP contribution in [0.4, 0.5) is 0 Å². The van der Waals surface area contributed by atoms with Gasteiger partial charge in [0.25, 0.3) is 0 Å². The van der Waals surface area contributed by atoms with Crippen LogP contribution in [-0.4, -0.2) is 40.1 Å². The lowest BCUT2D eigenvalue weighted by Crippen LogP contribution is -2.36. The van der Waals surface area contributed by atoms with Crippen molar-refractivity contribution in [3.8, 4) is 0 Å². The van der Waals surface area contributed by atoms with Crippen molar-refractivity contribution < 1.29 is 17.9 Å². The van der Waals surface area contributed by atoms with E-state index in [4.69, 9.17) is 11.6 Å². The Morgan fingerprint density at radius 1 is 1.18 bits per heavy atom. The van der Waals surface area contributed by atoms with Gasteiger partial charge in [0.15, 0.2) is 0 Å². The lowest BCUT2D eigenvalue weighted by atomic mass is 10.1. The second-order valence-electron chi connectivity index (χ2n) is 6.50. The van der Waals surface area contributed by atoms with E-state index in [1.54, 1.807) is 24.3 Å². The number of nitrogens with one attached hydrogen (secondary N) is 2. The molecular formula is C20H21ClN2O4S. The minimum absolute atomic E-state index is 0.0539. The first-order chi connectivity index (χ1) is 13.4. The first-order valence-electron chi connectivity index (χ1n) is 8.75. The summed E-state index contributed by atoms with van der Waals surface area (Å²) in [4.78, 5) is 11.6. The van der Waals surface area contributed by atoms with Crippen LogP contribution in [0.25, 0.3) is 6.08 Å². The van der Waals surface area contributed by atoms with Crippen LogP contribution in [0.3, 0.4) is 0 Å². The van der Waals surface area contributed by atoms with E-state index in [2.05, 4.69) is 14.8 Å². The van der Waals surface area contributed by atoms with Gasteiger partial charge in [0.2, 0.25) is 10.0 Å². The molecule has 2 aromatic rings. The van der Waals surface area contributed by atoms with E-state index in [1.807, 2.05) is 24.3 Å². The Hall–Kier alpha value is -2.19. The number of methoxy groups -OCH3 is 1. The summed E-state index contributed by atoms with van der Waals surface area (Å²) in [6, 6.07) is 13.0. The SMILES string of the molecule is COC(=O)c1ccc(C=C[C@@H]2C[C@@H](NS(=O)(=O)c3ccc(Cl)cc3)CN2)cc1. The van der Waals surface area contributed by atoms with Gasteiger partial charge in [0.1, 0.15) is 0 Å². The molecule has 0 spiro atoms. The Bertz CT molecular complexity index is 957. The predicted molar refractivity (Wildman–Crippen MR) is 109 cm³/mol. The summed E-state index contributed by atoms with van der Waals surface area (Å²) >= 11 is 5.81. The van der Waals surface area contributed by atoms with Gasteiger partial charge >= 0.3 is 5.97 Å². The molecule has 2 N–H and O–H groups in total. The molecule has 6 nitrogen and oxygen atoms in total. The Labute approximate surface area is 169 Å². The summed E-state index contributed by atoms with van der Waals surface area (Å²) in [6.07, 6.45) is 4.57. The number of esters is 1. The first-order valence-corrected chi connectivity index (χ1v) is 10.6.